The third kappa shape index (κ3) is 8.68. The molecule has 0 aliphatic rings. The molecule has 0 saturated carbocycles. The number of hydrogen-bond acceptors (Lipinski definition) is 4. The van der Waals surface area contributed by atoms with Gasteiger partial charge in [0.2, 0.25) is 21.8 Å². The number of sulfonamides is 1. The Morgan fingerprint density at radius 2 is 1.65 bits per heavy atom. The van der Waals surface area contributed by atoms with Crippen LogP contribution < -0.4 is 9.62 Å². The Kier molecular flexibility index (Phi) is 11.4. The molecule has 11 heteroatoms. The second-order valence-corrected chi connectivity index (χ2v) is 12.1. The van der Waals surface area contributed by atoms with Crippen LogP contribution in [-0.4, -0.2) is 50.5 Å². The third-order valence-electron chi connectivity index (χ3n) is 6.27. The van der Waals surface area contributed by atoms with Crippen molar-refractivity contribution in [2.24, 2.45) is 0 Å². The molecule has 214 valence electrons. The first-order valence-electron chi connectivity index (χ1n) is 12.8. The molecule has 0 aliphatic heterocycles. The summed E-state index contributed by atoms with van der Waals surface area (Å²) in [6.07, 6.45) is 2.70. The van der Waals surface area contributed by atoms with Gasteiger partial charge >= 0.3 is 0 Å². The molecule has 3 aromatic carbocycles. The predicted octanol–water partition coefficient (Wildman–Crippen LogP) is 5.45. The lowest BCUT2D eigenvalue weighted by atomic mass is 10.0. The van der Waals surface area contributed by atoms with E-state index in [2.05, 4.69) is 5.32 Å². The van der Waals surface area contributed by atoms with Gasteiger partial charge in [-0.05, 0) is 36.2 Å². The highest BCUT2D eigenvalue weighted by Crippen LogP contribution is 2.29. The Morgan fingerprint density at radius 3 is 2.27 bits per heavy atom. The van der Waals surface area contributed by atoms with Gasteiger partial charge in [0.1, 0.15) is 18.4 Å². The van der Waals surface area contributed by atoms with Crippen molar-refractivity contribution < 1.29 is 22.4 Å². The van der Waals surface area contributed by atoms with Gasteiger partial charge in [0, 0.05) is 25.1 Å². The summed E-state index contributed by atoms with van der Waals surface area (Å²) in [4.78, 5) is 28.7. The molecule has 0 heterocycles. The molecule has 2 amide bonds. The van der Waals surface area contributed by atoms with Crippen molar-refractivity contribution in [1.29, 1.82) is 0 Å². The molecule has 0 spiro atoms. The third-order valence-corrected chi connectivity index (χ3v) is 8.15. The molecule has 0 bridgehead atoms. The maximum atomic E-state index is 14.8. The Morgan fingerprint density at radius 1 is 0.975 bits per heavy atom. The van der Waals surface area contributed by atoms with Gasteiger partial charge in [0.15, 0.2) is 0 Å². The summed E-state index contributed by atoms with van der Waals surface area (Å²) in [6, 6.07) is 18.3. The van der Waals surface area contributed by atoms with Gasteiger partial charge in [0.05, 0.1) is 22.0 Å². The fourth-order valence-electron chi connectivity index (χ4n) is 4.12. The monoisotopic (exact) mass is 607 g/mol. The van der Waals surface area contributed by atoms with E-state index < -0.39 is 40.2 Å². The topological polar surface area (TPSA) is 86.8 Å². The summed E-state index contributed by atoms with van der Waals surface area (Å²) in [6.45, 7) is 1.51. The van der Waals surface area contributed by atoms with Crippen LogP contribution in [0.2, 0.25) is 10.0 Å². The number of rotatable bonds is 13. The molecule has 0 fully saturated rings. The Bertz CT molecular complexity index is 1420. The number of amides is 2. The fourth-order valence-corrected chi connectivity index (χ4v) is 5.26. The van der Waals surface area contributed by atoms with Gasteiger partial charge in [-0.3, -0.25) is 13.9 Å². The molecular formula is C29H32Cl2FN3O4S. The zero-order valence-corrected chi connectivity index (χ0v) is 24.6. The number of halogens is 3. The predicted molar refractivity (Wildman–Crippen MR) is 157 cm³/mol. The summed E-state index contributed by atoms with van der Waals surface area (Å²) in [5.41, 5.74) is 1.10. The summed E-state index contributed by atoms with van der Waals surface area (Å²) >= 11 is 12.1. The Balaban J connectivity index is 2.05. The minimum absolute atomic E-state index is 0.112. The summed E-state index contributed by atoms with van der Waals surface area (Å²) in [5.74, 6) is -1.65. The first-order valence-corrected chi connectivity index (χ1v) is 15.4. The van der Waals surface area contributed by atoms with Gasteiger partial charge in [-0.25, -0.2) is 12.8 Å². The van der Waals surface area contributed by atoms with E-state index >= 15 is 0 Å². The number of carbonyl (C=O) groups is 2. The van der Waals surface area contributed by atoms with E-state index in [9.17, 15) is 22.4 Å². The van der Waals surface area contributed by atoms with Crippen LogP contribution in [0.1, 0.15) is 30.9 Å². The van der Waals surface area contributed by atoms with Crippen molar-refractivity contribution in [3.63, 3.8) is 0 Å². The molecule has 7 nitrogen and oxygen atoms in total. The summed E-state index contributed by atoms with van der Waals surface area (Å²) in [5, 5.41) is 3.21. The zero-order valence-electron chi connectivity index (χ0n) is 22.3. The van der Waals surface area contributed by atoms with Crippen molar-refractivity contribution in [2.75, 3.05) is 23.7 Å². The van der Waals surface area contributed by atoms with Crippen LogP contribution in [0.5, 0.6) is 0 Å². The second-order valence-electron chi connectivity index (χ2n) is 9.33. The van der Waals surface area contributed by atoms with E-state index in [4.69, 9.17) is 23.2 Å². The average molecular weight is 609 g/mol. The van der Waals surface area contributed by atoms with E-state index in [1.165, 1.54) is 41.3 Å². The van der Waals surface area contributed by atoms with Crippen LogP contribution >= 0.6 is 23.2 Å². The van der Waals surface area contributed by atoms with Crippen molar-refractivity contribution in [1.82, 2.24) is 10.2 Å². The zero-order chi connectivity index (χ0) is 29.3. The van der Waals surface area contributed by atoms with Crippen LogP contribution in [0.25, 0.3) is 0 Å². The molecule has 0 saturated heterocycles. The molecule has 3 aromatic rings. The van der Waals surface area contributed by atoms with E-state index in [1.54, 1.807) is 6.07 Å². The van der Waals surface area contributed by atoms with Crippen molar-refractivity contribution in [2.45, 2.75) is 38.8 Å². The van der Waals surface area contributed by atoms with Crippen LogP contribution in [0, 0.1) is 5.82 Å². The van der Waals surface area contributed by atoms with Crippen molar-refractivity contribution >= 4 is 50.7 Å². The van der Waals surface area contributed by atoms with Crippen LogP contribution in [0.15, 0.2) is 72.8 Å². The maximum Gasteiger partial charge on any atom is 0.244 e. The lowest BCUT2D eigenvalue weighted by molar-refractivity contribution is -0.140. The molecule has 1 N–H and O–H groups in total. The van der Waals surface area contributed by atoms with E-state index in [-0.39, 0.29) is 34.3 Å². The van der Waals surface area contributed by atoms with E-state index in [1.807, 2.05) is 37.3 Å². The molecule has 1 atom stereocenters. The largest absolute Gasteiger partial charge is 0.354 e. The van der Waals surface area contributed by atoms with Crippen LogP contribution in [0.4, 0.5) is 10.1 Å². The Hall–Kier alpha value is -3.14. The number of nitrogens with one attached hydrogen (secondary N) is 1. The van der Waals surface area contributed by atoms with Gasteiger partial charge in [-0.15, -0.1) is 0 Å². The lowest BCUT2D eigenvalue weighted by Crippen LogP contribution is -2.53. The highest BCUT2D eigenvalue weighted by Gasteiger charge is 2.33. The molecule has 0 radical (unpaired) electrons. The minimum atomic E-state index is -3.97. The van der Waals surface area contributed by atoms with Gasteiger partial charge in [-0.2, -0.15) is 0 Å². The minimum Gasteiger partial charge on any atom is -0.354 e. The number of unbranched alkanes of at least 4 members (excludes halogenated alkanes) is 1. The maximum absolute atomic E-state index is 14.8. The van der Waals surface area contributed by atoms with Crippen LogP contribution in [-0.2, 0) is 32.6 Å². The normalized spacial score (nSPS) is 12.0. The summed E-state index contributed by atoms with van der Waals surface area (Å²) in [7, 11) is -3.97. The highest BCUT2D eigenvalue weighted by atomic mass is 35.5. The SMILES string of the molecule is CCCCNC(=O)C(Cc1ccccc1)N(Cc1ccccc1F)C(=O)CN(c1ccc(Cl)c(Cl)c1)S(C)(=O)=O. The number of hydrogen-bond donors (Lipinski definition) is 1. The quantitative estimate of drug-likeness (QED) is 0.262. The number of nitrogens with zero attached hydrogens (tertiary/aromatic N) is 2. The number of carbonyl (C=O) groups excluding carboxylic acids is 2. The number of benzene rings is 3. The Labute approximate surface area is 244 Å². The standard InChI is InChI=1S/C29H32Cl2FN3O4S/c1-3-4-16-33-29(37)27(17-21-10-6-5-7-11-21)34(19-22-12-8-9-13-26(22)32)28(36)20-35(40(2,38)39)23-14-15-24(30)25(31)18-23/h5-15,18,27H,3-4,16-17,19-20H2,1-2H3,(H,33,37). The van der Waals surface area contributed by atoms with Gasteiger partial charge in [0.25, 0.3) is 0 Å². The second kappa shape index (κ2) is 14.5. The average Bonchev–Trinajstić information content (AvgIpc) is 2.91. The molecule has 1 unspecified atom stereocenters. The van der Waals surface area contributed by atoms with Crippen molar-refractivity contribution in [3.8, 4) is 0 Å². The summed E-state index contributed by atoms with van der Waals surface area (Å²) < 4.78 is 41.3. The number of anilines is 1. The van der Waals surface area contributed by atoms with Gasteiger partial charge < -0.3 is 10.2 Å². The molecule has 40 heavy (non-hydrogen) atoms. The molecule has 0 aliphatic carbocycles. The van der Waals surface area contributed by atoms with Crippen LogP contribution in [0.3, 0.4) is 0 Å². The van der Waals surface area contributed by atoms with Crippen molar-refractivity contribution in [3.05, 3.63) is 99.8 Å². The molecular weight excluding hydrogens is 576 g/mol. The van der Waals surface area contributed by atoms with E-state index in [0.29, 0.717) is 6.54 Å². The van der Waals surface area contributed by atoms with E-state index in [0.717, 1.165) is 29.0 Å². The molecule has 3 rings (SSSR count). The fraction of sp³-hybridized carbons (Fsp3) is 0.310. The lowest BCUT2D eigenvalue weighted by Gasteiger charge is -2.33. The smallest absolute Gasteiger partial charge is 0.244 e. The first kappa shape index (κ1) is 31.4. The van der Waals surface area contributed by atoms with Gasteiger partial charge in [-0.1, -0.05) is 85.1 Å². The highest BCUT2D eigenvalue weighted by molar-refractivity contribution is 7.92. The molecule has 0 aromatic heterocycles. The first-order chi connectivity index (χ1) is 19.0.